The number of ether oxygens (including phenoxy) is 2. The summed E-state index contributed by atoms with van der Waals surface area (Å²) in [6, 6.07) is 48.2. The molecule has 1 aliphatic rings. The number of anilines is 2. The molecule has 0 saturated carbocycles. The molecule has 0 aromatic heterocycles. The summed E-state index contributed by atoms with van der Waals surface area (Å²) in [4.78, 5) is 44.9. The van der Waals surface area contributed by atoms with Crippen LogP contribution in [0.5, 0.6) is 11.5 Å². The summed E-state index contributed by atoms with van der Waals surface area (Å²) in [6.07, 6.45) is 0. The van der Waals surface area contributed by atoms with Gasteiger partial charge in [-0.3, -0.25) is 14.4 Å². The smallest absolute Gasteiger partial charge is 0.261 e. The van der Waals surface area contributed by atoms with Crippen molar-refractivity contribution in [3.8, 4) is 22.6 Å². The summed E-state index contributed by atoms with van der Waals surface area (Å²) in [5.41, 5.74) is 6.26. The highest BCUT2D eigenvalue weighted by Crippen LogP contribution is 2.45. The second-order valence-electron chi connectivity index (χ2n) is 14.6. The van der Waals surface area contributed by atoms with E-state index in [4.69, 9.17) is 9.47 Å². The Morgan fingerprint density at radius 3 is 1.24 bits per heavy atom. The van der Waals surface area contributed by atoms with E-state index in [1.807, 2.05) is 121 Å². The van der Waals surface area contributed by atoms with Crippen LogP contribution in [-0.4, -0.2) is 45.9 Å². The fraction of sp³-hybridized carbons (Fsp3) is 0.0784. The third-order valence-corrected chi connectivity index (χ3v) is 11.0. The predicted octanol–water partition coefficient (Wildman–Crippen LogP) is 12.6. The molecule has 0 bridgehead atoms. The SMILES string of the molecule is COc1c(C(=O)N(C)c2ccccc2)cc2ccccc2c1N=Nc1ccc2c(c1)C(=O)c1cc(N=Nc3c(OC)c(C(=O)N(C)c4ccccc4)cc4ccccc34)ccc1-2. The van der Waals surface area contributed by atoms with Crippen LogP contribution in [-0.2, 0) is 0 Å². The zero-order valence-electron chi connectivity index (χ0n) is 34.2. The highest BCUT2D eigenvalue weighted by atomic mass is 16.5. The molecule has 302 valence electrons. The molecule has 62 heavy (non-hydrogen) atoms. The fourth-order valence-electron chi connectivity index (χ4n) is 7.84. The number of ketones is 1. The maximum Gasteiger partial charge on any atom is 0.261 e. The molecule has 0 fully saturated rings. The van der Waals surface area contributed by atoms with Crippen molar-refractivity contribution in [3.05, 3.63) is 180 Å². The first-order valence-electron chi connectivity index (χ1n) is 19.8. The van der Waals surface area contributed by atoms with Gasteiger partial charge in [-0.25, -0.2) is 0 Å². The van der Waals surface area contributed by atoms with E-state index >= 15 is 0 Å². The summed E-state index contributed by atoms with van der Waals surface area (Å²) in [5.74, 6) is -0.149. The number of carbonyl (C=O) groups excluding carboxylic acids is 3. The van der Waals surface area contributed by atoms with Gasteiger partial charge in [0.25, 0.3) is 11.8 Å². The van der Waals surface area contributed by atoms with E-state index in [1.165, 1.54) is 14.2 Å². The average Bonchev–Trinajstić information content (AvgIpc) is 3.60. The number of rotatable bonds is 10. The minimum Gasteiger partial charge on any atom is -0.494 e. The van der Waals surface area contributed by atoms with Crippen LogP contribution in [0, 0.1) is 0 Å². The third kappa shape index (κ3) is 7.01. The van der Waals surface area contributed by atoms with Crippen molar-refractivity contribution < 1.29 is 23.9 Å². The number of hydrogen-bond acceptors (Lipinski definition) is 9. The van der Waals surface area contributed by atoms with Gasteiger partial charge in [0, 0.05) is 47.4 Å². The number of amides is 2. The van der Waals surface area contributed by atoms with Gasteiger partial charge in [0.05, 0.1) is 36.7 Å². The summed E-state index contributed by atoms with van der Waals surface area (Å²) < 4.78 is 11.7. The number of hydrogen-bond donors (Lipinski definition) is 0. The Morgan fingerprint density at radius 1 is 0.452 bits per heavy atom. The molecular weight excluding hydrogens is 777 g/mol. The molecule has 0 unspecified atom stereocenters. The van der Waals surface area contributed by atoms with Crippen LogP contribution in [0.15, 0.2) is 178 Å². The lowest BCUT2D eigenvalue weighted by Crippen LogP contribution is -2.26. The molecule has 8 aromatic rings. The molecule has 0 N–H and O–H groups in total. The number of methoxy groups -OCH3 is 2. The van der Waals surface area contributed by atoms with Crippen molar-refractivity contribution in [2.24, 2.45) is 20.5 Å². The molecule has 11 heteroatoms. The highest BCUT2D eigenvalue weighted by molar-refractivity contribution is 6.22. The van der Waals surface area contributed by atoms with Gasteiger partial charge in [0.15, 0.2) is 17.3 Å². The summed E-state index contributed by atoms with van der Waals surface area (Å²) in [6.45, 7) is 0. The van der Waals surface area contributed by atoms with Crippen LogP contribution in [0.25, 0.3) is 32.7 Å². The van der Waals surface area contributed by atoms with E-state index in [0.29, 0.717) is 45.0 Å². The van der Waals surface area contributed by atoms with Gasteiger partial charge in [0.1, 0.15) is 11.4 Å². The minimum atomic E-state index is -0.266. The standard InChI is InChI=1S/C51H38N6O5/c1-56(35-17-7-5-8-18-35)50(59)43-27-31-15-11-13-21-37(31)45(48(43)61-3)54-52-33-23-25-39-40-26-24-34(30-42(40)47(58)41(39)29-33)53-55-46-38-22-14-12-16-32(38)28-44(49(46)62-4)51(60)57(2)36-19-9-6-10-20-36/h5-30H,1-4H3. The van der Waals surface area contributed by atoms with Crippen molar-refractivity contribution in [3.63, 3.8) is 0 Å². The van der Waals surface area contributed by atoms with Crippen LogP contribution in [0.2, 0.25) is 0 Å². The van der Waals surface area contributed by atoms with Crippen molar-refractivity contribution in [1.82, 2.24) is 0 Å². The van der Waals surface area contributed by atoms with E-state index in [2.05, 4.69) is 20.5 Å². The maximum atomic E-state index is 14.0. The Balaban J connectivity index is 1.02. The fourth-order valence-corrected chi connectivity index (χ4v) is 7.84. The van der Waals surface area contributed by atoms with Gasteiger partial charge in [-0.05, 0) is 82.6 Å². The summed E-state index contributed by atoms with van der Waals surface area (Å²) in [7, 11) is 6.44. The number of fused-ring (bicyclic) bond motifs is 5. The molecule has 0 radical (unpaired) electrons. The van der Waals surface area contributed by atoms with Crippen molar-refractivity contribution >= 4 is 73.3 Å². The zero-order valence-corrected chi connectivity index (χ0v) is 34.2. The Morgan fingerprint density at radius 2 is 0.839 bits per heavy atom. The monoisotopic (exact) mass is 814 g/mol. The topological polar surface area (TPSA) is 126 Å². The second-order valence-corrected chi connectivity index (χ2v) is 14.6. The average molecular weight is 815 g/mol. The quantitative estimate of drug-likeness (QED) is 0.127. The molecule has 0 saturated heterocycles. The molecular formula is C51H38N6O5. The number of carbonyl (C=O) groups is 3. The number of nitrogens with zero attached hydrogens (tertiary/aromatic N) is 6. The van der Waals surface area contributed by atoms with Gasteiger partial charge in [-0.2, -0.15) is 10.2 Å². The first kappa shape index (κ1) is 39.2. The van der Waals surface area contributed by atoms with E-state index in [-0.39, 0.29) is 29.1 Å². The van der Waals surface area contributed by atoms with Crippen LogP contribution < -0.4 is 19.3 Å². The third-order valence-electron chi connectivity index (χ3n) is 11.0. The lowest BCUT2D eigenvalue weighted by atomic mass is 10.0. The Labute approximate surface area is 357 Å². The van der Waals surface area contributed by atoms with Crippen LogP contribution in [0.4, 0.5) is 34.1 Å². The van der Waals surface area contributed by atoms with Gasteiger partial charge < -0.3 is 19.3 Å². The number of benzene rings is 8. The molecule has 8 aromatic carbocycles. The summed E-state index contributed by atoms with van der Waals surface area (Å²) >= 11 is 0. The van der Waals surface area contributed by atoms with Crippen LogP contribution >= 0.6 is 0 Å². The molecule has 1 aliphatic carbocycles. The van der Waals surface area contributed by atoms with E-state index < -0.39 is 0 Å². The predicted molar refractivity (Wildman–Crippen MR) is 243 cm³/mol. The van der Waals surface area contributed by atoms with Crippen molar-refractivity contribution in [1.29, 1.82) is 0 Å². The van der Waals surface area contributed by atoms with Crippen LogP contribution in [0.3, 0.4) is 0 Å². The van der Waals surface area contributed by atoms with Gasteiger partial charge in [0.2, 0.25) is 0 Å². The van der Waals surface area contributed by atoms with Crippen molar-refractivity contribution in [2.45, 2.75) is 0 Å². The number of para-hydroxylation sites is 2. The van der Waals surface area contributed by atoms with E-state index in [1.54, 1.807) is 60.3 Å². The molecule has 0 heterocycles. The first-order valence-corrected chi connectivity index (χ1v) is 19.8. The molecule has 11 nitrogen and oxygen atoms in total. The zero-order chi connectivity index (χ0) is 42.9. The lowest BCUT2D eigenvalue weighted by molar-refractivity contribution is 0.0982. The van der Waals surface area contributed by atoms with Crippen LogP contribution in [0.1, 0.15) is 36.6 Å². The van der Waals surface area contributed by atoms with Gasteiger partial charge in [-0.15, -0.1) is 10.2 Å². The largest absolute Gasteiger partial charge is 0.494 e. The molecule has 9 rings (SSSR count). The number of azo groups is 2. The lowest BCUT2D eigenvalue weighted by Gasteiger charge is -2.20. The minimum absolute atomic E-state index is 0.191. The highest BCUT2D eigenvalue weighted by Gasteiger charge is 2.28. The van der Waals surface area contributed by atoms with Crippen molar-refractivity contribution in [2.75, 3.05) is 38.1 Å². The van der Waals surface area contributed by atoms with Gasteiger partial charge in [-0.1, -0.05) is 97.1 Å². The maximum absolute atomic E-state index is 14.0. The molecule has 2 amide bonds. The Bertz CT molecular complexity index is 2940. The Hall–Kier alpha value is -8.31. The first-order chi connectivity index (χ1) is 30.2. The molecule has 0 atom stereocenters. The van der Waals surface area contributed by atoms with E-state index in [0.717, 1.165) is 44.0 Å². The normalized spacial score (nSPS) is 11.9. The van der Waals surface area contributed by atoms with Gasteiger partial charge >= 0.3 is 0 Å². The molecule has 0 aliphatic heterocycles. The second kappa shape index (κ2) is 16.4. The molecule has 0 spiro atoms. The van der Waals surface area contributed by atoms with E-state index in [9.17, 15) is 14.4 Å². The Kier molecular flexibility index (Phi) is 10.4. The summed E-state index contributed by atoms with van der Waals surface area (Å²) in [5, 5.41) is 21.6.